The number of halogens is 1. The third kappa shape index (κ3) is 4.18. The number of hydrogen-bond donors (Lipinski definition) is 1. The van der Waals surface area contributed by atoms with E-state index in [2.05, 4.69) is 10.3 Å². The minimum atomic E-state index is -0.696. The highest BCUT2D eigenvalue weighted by Gasteiger charge is 2.24. The zero-order valence-corrected chi connectivity index (χ0v) is 14.7. The number of benzene rings is 2. The fourth-order valence-electron chi connectivity index (χ4n) is 2.33. The Bertz CT molecular complexity index is 1010. The van der Waals surface area contributed by atoms with Crippen LogP contribution in [0.2, 0.25) is 5.02 Å². The molecule has 1 aliphatic rings. The first-order chi connectivity index (χ1) is 12.8. The lowest BCUT2D eigenvalue weighted by Gasteiger charge is -2.03. The zero-order chi connectivity index (χ0) is 19.6. The summed E-state index contributed by atoms with van der Waals surface area (Å²) in [6.45, 7) is 1.40. The van der Waals surface area contributed by atoms with Gasteiger partial charge in [0.05, 0.1) is 4.92 Å². The van der Waals surface area contributed by atoms with Crippen molar-refractivity contribution in [1.82, 2.24) is 0 Å². The molecule has 136 valence electrons. The Kier molecular flexibility index (Phi) is 5.00. The molecule has 27 heavy (non-hydrogen) atoms. The van der Waals surface area contributed by atoms with E-state index in [9.17, 15) is 19.7 Å². The first kappa shape index (κ1) is 18.3. The summed E-state index contributed by atoms with van der Waals surface area (Å²) in [5, 5.41) is 13.8. The van der Waals surface area contributed by atoms with Crippen LogP contribution < -0.4 is 5.32 Å². The van der Waals surface area contributed by atoms with Crippen molar-refractivity contribution in [2.24, 2.45) is 4.99 Å². The second-order valence-corrected chi connectivity index (χ2v) is 5.96. The van der Waals surface area contributed by atoms with Crippen LogP contribution >= 0.6 is 11.6 Å². The fourth-order valence-corrected chi connectivity index (χ4v) is 2.51. The molecule has 9 heteroatoms. The number of nitrogens with one attached hydrogen (secondary N) is 1. The summed E-state index contributed by atoms with van der Waals surface area (Å²) in [5.41, 5.74) is 1.22. The van der Waals surface area contributed by atoms with E-state index < -0.39 is 10.9 Å². The predicted molar refractivity (Wildman–Crippen MR) is 99.5 cm³/mol. The van der Waals surface area contributed by atoms with E-state index in [0.29, 0.717) is 11.3 Å². The molecule has 1 aliphatic heterocycles. The number of rotatable bonds is 4. The maximum atomic E-state index is 12.1. The molecular weight excluding hydrogens is 374 g/mol. The lowest BCUT2D eigenvalue weighted by Crippen LogP contribution is -2.07. The number of ether oxygens (including phenoxy) is 1. The average Bonchev–Trinajstić information content (AvgIpc) is 2.97. The van der Waals surface area contributed by atoms with Crippen LogP contribution in [0.1, 0.15) is 18.1 Å². The summed E-state index contributed by atoms with van der Waals surface area (Å²) >= 11 is 6.04. The number of amides is 1. The van der Waals surface area contributed by atoms with Crippen LogP contribution in [0.25, 0.3) is 6.08 Å². The Balaban J connectivity index is 1.90. The van der Waals surface area contributed by atoms with Gasteiger partial charge in [-0.3, -0.25) is 14.9 Å². The SMILES string of the molecule is CC(=O)Nc1ccc(C2=NC(=Cc3cc([N+](=O)[O-])ccc3Cl)C(=O)O2)cc1. The largest absolute Gasteiger partial charge is 0.402 e. The number of non-ortho nitro benzene ring substituents is 1. The lowest BCUT2D eigenvalue weighted by molar-refractivity contribution is -0.384. The van der Waals surface area contributed by atoms with Crippen molar-refractivity contribution in [1.29, 1.82) is 0 Å². The van der Waals surface area contributed by atoms with Gasteiger partial charge in [0.25, 0.3) is 5.69 Å². The molecule has 0 unspecified atom stereocenters. The zero-order valence-electron chi connectivity index (χ0n) is 13.9. The highest BCUT2D eigenvalue weighted by Crippen LogP contribution is 2.26. The predicted octanol–water partition coefficient (Wildman–Crippen LogP) is 3.55. The summed E-state index contributed by atoms with van der Waals surface area (Å²) in [4.78, 5) is 37.6. The van der Waals surface area contributed by atoms with Gasteiger partial charge in [0.15, 0.2) is 5.70 Å². The number of aliphatic imine (C=N–C) groups is 1. The van der Waals surface area contributed by atoms with Crippen molar-refractivity contribution in [2.45, 2.75) is 6.92 Å². The summed E-state index contributed by atoms with van der Waals surface area (Å²) in [7, 11) is 0. The Hall–Kier alpha value is -3.52. The van der Waals surface area contributed by atoms with Crippen LogP contribution in [0, 0.1) is 10.1 Å². The molecule has 1 N–H and O–H groups in total. The Morgan fingerprint density at radius 2 is 1.96 bits per heavy atom. The summed E-state index contributed by atoms with van der Waals surface area (Å²) in [6, 6.07) is 10.5. The number of carbonyl (C=O) groups is 2. The van der Waals surface area contributed by atoms with E-state index in [4.69, 9.17) is 16.3 Å². The molecule has 0 saturated carbocycles. The quantitative estimate of drug-likeness (QED) is 0.374. The summed E-state index contributed by atoms with van der Waals surface area (Å²) in [6.07, 6.45) is 1.33. The number of nitro benzene ring substituents is 1. The third-order valence-corrected chi connectivity index (χ3v) is 3.90. The van der Waals surface area contributed by atoms with Crippen molar-refractivity contribution in [2.75, 3.05) is 5.32 Å². The van der Waals surface area contributed by atoms with Crippen molar-refractivity contribution >= 4 is 46.8 Å². The number of cyclic esters (lactones) is 1. The molecule has 0 atom stereocenters. The normalized spacial score (nSPS) is 14.7. The maximum absolute atomic E-state index is 12.1. The standard InChI is InChI=1S/C18H12ClN3O5/c1-10(23)20-13-4-2-11(3-5-13)17-21-16(18(24)27-17)9-12-8-14(22(25)26)6-7-15(12)19/h2-9H,1H3,(H,20,23). The van der Waals surface area contributed by atoms with Gasteiger partial charge in [-0.1, -0.05) is 11.6 Å². The number of carbonyl (C=O) groups excluding carboxylic acids is 2. The van der Waals surface area contributed by atoms with Gasteiger partial charge in [-0.25, -0.2) is 9.79 Å². The molecule has 1 heterocycles. The van der Waals surface area contributed by atoms with Crippen molar-refractivity contribution in [3.8, 4) is 0 Å². The van der Waals surface area contributed by atoms with Gasteiger partial charge in [-0.05, 0) is 36.4 Å². The maximum Gasteiger partial charge on any atom is 0.363 e. The van der Waals surface area contributed by atoms with E-state index in [1.807, 2.05) is 0 Å². The Morgan fingerprint density at radius 1 is 1.26 bits per heavy atom. The highest BCUT2D eigenvalue weighted by atomic mass is 35.5. The van der Waals surface area contributed by atoms with E-state index >= 15 is 0 Å². The lowest BCUT2D eigenvalue weighted by atomic mass is 10.1. The molecule has 8 nitrogen and oxygen atoms in total. The van der Waals surface area contributed by atoms with Crippen molar-refractivity contribution < 1.29 is 19.2 Å². The molecule has 3 rings (SSSR count). The molecule has 0 aromatic heterocycles. The average molecular weight is 386 g/mol. The van der Waals surface area contributed by atoms with E-state index in [1.165, 1.54) is 31.2 Å². The topological polar surface area (TPSA) is 111 Å². The van der Waals surface area contributed by atoms with Crippen LogP contribution in [-0.4, -0.2) is 22.7 Å². The van der Waals surface area contributed by atoms with Crippen LogP contribution in [0.15, 0.2) is 53.2 Å². The molecule has 0 radical (unpaired) electrons. The molecule has 2 aromatic carbocycles. The molecule has 0 spiro atoms. The fraction of sp³-hybridized carbons (Fsp3) is 0.0556. The third-order valence-electron chi connectivity index (χ3n) is 3.56. The molecular formula is C18H12ClN3O5. The number of nitro groups is 1. The van der Waals surface area contributed by atoms with Crippen molar-refractivity contribution in [3.05, 3.63) is 74.4 Å². The van der Waals surface area contributed by atoms with Gasteiger partial charge in [0.1, 0.15) is 0 Å². The first-order valence-corrected chi connectivity index (χ1v) is 8.06. The minimum absolute atomic E-state index is 0.0293. The van der Waals surface area contributed by atoms with Gasteiger partial charge in [0, 0.05) is 40.9 Å². The van der Waals surface area contributed by atoms with Gasteiger partial charge in [0.2, 0.25) is 11.8 Å². The second kappa shape index (κ2) is 7.38. The number of nitrogens with zero attached hydrogens (tertiary/aromatic N) is 2. The number of hydrogen-bond acceptors (Lipinski definition) is 6. The van der Waals surface area contributed by atoms with E-state index in [-0.39, 0.29) is 33.8 Å². The first-order valence-electron chi connectivity index (χ1n) is 7.68. The molecule has 0 aliphatic carbocycles. The van der Waals surface area contributed by atoms with E-state index in [1.54, 1.807) is 24.3 Å². The van der Waals surface area contributed by atoms with Crippen LogP contribution in [0.3, 0.4) is 0 Å². The van der Waals surface area contributed by atoms with Gasteiger partial charge >= 0.3 is 5.97 Å². The van der Waals surface area contributed by atoms with Gasteiger partial charge in [-0.2, -0.15) is 0 Å². The summed E-state index contributed by atoms with van der Waals surface area (Å²) < 4.78 is 5.15. The Labute approximate surface area is 158 Å². The van der Waals surface area contributed by atoms with Crippen LogP contribution in [-0.2, 0) is 14.3 Å². The molecule has 0 fully saturated rings. The van der Waals surface area contributed by atoms with Crippen LogP contribution in [0.5, 0.6) is 0 Å². The highest BCUT2D eigenvalue weighted by molar-refractivity contribution is 6.32. The monoisotopic (exact) mass is 385 g/mol. The molecule has 1 amide bonds. The van der Waals surface area contributed by atoms with Gasteiger partial charge in [-0.15, -0.1) is 0 Å². The van der Waals surface area contributed by atoms with Gasteiger partial charge < -0.3 is 10.1 Å². The Morgan fingerprint density at radius 3 is 2.59 bits per heavy atom. The smallest absolute Gasteiger partial charge is 0.363 e. The molecule has 2 aromatic rings. The second-order valence-electron chi connectivity index (χ2n) is 5.56. The molecule has 0 saturated heterocycles. The summed E-state index contributed by atoms with van der Waals surface area (Å²) in [5.74, 6) is -0.813. The van der Waals surface area contributed by atoms with Crippen molar-refractivity contribution in [3.63, 3.8) is 0 Å². The number of esters is 1. The minimum Gasteiger partial charge on any atom is -0.402 e. The van der Waals surface area contributed by atoms with E-state index in [0.717, 1.165) is 0 Å². The molecule has 0 bridgehead atoms. The number of anilines is 1. The van der Waals surface area contributed by atoms with Crippen LogP contribution in [0.4, 0.5) is 11.4 Å².